The number of nitrogens with zero attached hydrogens (tertiary/aromatic N) is 2. The number of halogens is 1. The van der Waals surface area contributed by atoms with Crippen molar-refractivity contribution < 1.29 is 14.3 Å². The van der Waals surface area contributed by atoms with Crippen molar-refractivity contribution >= 4 is 29.0 Å². The number of ether oxygens (including phenoxy) is 2. The number of aromatic nitrogens is 2. The van der Waals surface area contributed by atoms with Gasteiger partial charge in [0.25, 0.3) is 5.91 Å². The molecule has 2 aromatic rings. The summed E-state index contributed by atoms with van der Waals surface area (Å²) >= 11 is 6.06. The molecule has 2 N–H and O–H groups in total. The van der Waals surface area contributed by atoms with E-state index in [1.54, 1.807) is 18.2 Å². The molecule has 0 radical (unpaired) electrons. The number of amides is 1. The average molecular weight is 349 g/mol. The molecule has 126 valence electrons. The first-order chi connectivity index (χ1) is 11.6. The first-order valence-electron chi connectivity index (χ1n) is 7.42. The van der Waals surface area contributed by atoms with E-state index in [9.17, 15) is 4.79 Å². The van der Waals surface area contributed by atoms with Gasteiger partial charge < -0.3 is 20.1 Å². The van der Waals surface area contributed by atoms with Crippen molar-refractivity contribution in [2.24, 2.45) is 0 Å². The summed E-state index contributed by atoms with van der Waals surface area (Å²) < 4.78 is 10.4. The minimum absolute atomic E-state index is 0.254. The number of anilines is 2. The monoisotopic (exact) mass is 348 g/mol. The minimum Gasteiger partial charge on any atom is -0.495 e. The van der Waals surface area contributed by atoms with E-state index < -0.39 is 0 Å². The van der Waals surface area contributed by atoms with Gasteiger partial charge in [-0.05, 0) is 12.8 Å². The quantitative estimate of drug-likeness (QED) is 0.834. The lowest BCUT2D eigenvalue weighted by atomic mass is 10.2. The van der Waals surface area contributed by atoms with Crippen molar-refractivity contribution in [1.29, 1.82) is 0 Å². The highest BCUT2D eigenvalue weighted by Gasteiger charge is 2.22. The third-order valence-electron chi connectivity index (χ3n) is 3.55. The fourth-order valence-electron chi connectivity index (χ4n) is 2.14. The highest BCUT2D eigenvalue weighted by Crippen LogP contribution is 2.36. The highest BCUT2D eigenvalue weighted by atomic mass is 35.5. The normalized spacial score (nSPS) is 13.3. The van der Waals surface area contributed by atoms with Gasteiger partial charge in [-0.1, -0.05) is 11.6 Å². The van der Waals surface area contributed by atoms with Gasteiger partial charge in [0.15, 0.2) is 0 Å². The van der Waals surface area contributed by atoms with E-state index in [1.165, 1.54) is 20.5 Å². The van der Waals surface area contributed by atoms with Gasteiger partial charge in [0.05, 0.1) is 24.9 Å². The molecule has 0 aliphatic heterocycles. The van der Waals surface area contributed by atoms with Crippen molar-refractivity contribution in [1.82, 2.24) is 9.97 Å². The molecule has 1 amide bonds. The summed E-state index contributed by atoms with van der Waals surface area (Å²) in [6, 6.07) is 5.24. The van der Waals surface area contributed by atoms with Crippen molar-refractivity contribution in [3.8, 4) is 11.5 Å². The molecule has 8 heteroatoms. The van der Waals surface area contributed by atoms with E-state index in [0.717, 1.165) is 12.8 Å². The maximum absolute atomic E-state index is 12.5. The molecule has 1 heterocycles. The van der Waals surface area contributed by atoms with Gasteiger partial charge in [0, 0.05) is 24.2 Å². The molecular formula is C16H17ClN4O3. The lowest BCUT2D eigenvalue weighted by Crippen LogP contribution is -2.15. The number of hydrogen-bond acceptors (Lipinski definition) is 6. The van der Waals surface area contributed by atoms with E-state index in [2.05, 4.69) is 20.6 Å². The number of carbonyl (C=O) groups excluding carboxylic acids is 1. The Hall–Kier alpha value is -2.54. The van der Waals surface area contributed by atoms with Crippen LogP contribution in [0.5, 0.6) is 11.5 Å². The maximum atomic E-state index is 12.5. The van der Waals surface area contributed by atoms with Crippen LogP contribution in [-0.2, 0) is 0 Å². The smallest absolute Gasteiger partial charge is 0.274 e. The number of nitrogens with one attached hydrogen (secondary N) is 2. The first kappa shape index (κ1) is 16.3. The number of carbonyl (C=O) groups is 1. The molecule has 0 atom stereocenters. The Morgan fingerprint density at radius 1 is 1.17 bits per heavy atom. The molecule has 0 bridgehead atoms. The van der Waals surface area contributed by atoms with Gasteiger partial charge in [-0.3, -0.25) is 4.79 Å². The van der Waals surface area contributed by atoms with E-state index in [-0.39, 0.29) is 11.6 Å². The summed E-state index contributed by atoms with van der Waals surface area (Å²) in [5.41, 5.74) is 0.697. The maximum Gasteiger partial charge on any atom is 0.274 e. The zero-order valence-electron chi connectivity index (χ0n) is 13.3. The second kappa shape index (κ2) is 6.92. The summed E-state index contributed by atoms with van der Waals surface area (Å²) in [7, 11) is 3.00. The molecule has 0 unspecified atom stereocenters. The molecule has 1 aliphatic rings. The van der Waals surface area contributed by atoms with Crippen LogP contribution in [0.4, 0.5) is 11.5 Å². The van der Waals surface area contributed by atoms with E-state index in [4.69, 9.17) is 21.1 Å². The number of rotatable bonds is 6. The lowest BCUT2D eigenvalue weighted by molar-refractivity contribution is 0.102. The van der Waals surface area contributed by atoms with Crippen molar-refractivity contribution in [3.63, 3.8) is 0 Å². The third kappa shape index (κ3) is 3.68. The molecule has 0 spiro atoms. The fraction of sp³-hybridized carbons (Fsp3) is 0.312. The largest absolute Gasteiger partial charge is 0.495 e. The second-order valence-electron chi connectivity index (χ2n) is 5.35. The van der Waals surface area contributed by atoms with Crippen LogP contribution in [0.15, 0.2) is 24.5 Å². The number of hydrogen-bond donors (Lipinski definition) is 2. The van der Waals surface area contributed by atoms with E-state index in [0.29, 0.717) is 34.1 Å². The number of methoxy groups -OCH3 is 2. The molecule has 7 nitrogen and oxygen atoms in total. The molecule has 1 aromatic carbocycles. The molecule has 24 heavy (non-hydrogen) atoms. The van der Waals surface area contributed by atoms with Gasteiger partial charge >= 0.3 is 0 Å². The molecule has 1 aromatic heterocycles. The van der Waals surface area contributed by atoms with Gasteiger partial charge in [0.1, 0.15) is 29.3 Å². The molecule has 0 saturated heterocycles. The average Bonchev–Trinajstić information content (AvgIpc) is 3.40. The van der Waals surface area contributed by atoms with Crippen LogP contribution >= 0.6 is 11.6 Å². The van der Waals surface area contributed by atoms with Crippen LogP contribution in [0.2, 0.25) is 5.02 Å². The van der Waals surface area contributed by atoms with Crippen LogP contribution in [0.3, 0.4) is 0 Å². The summed E-state index contributed by atoms with van der Waals surface area (Å²) in [4.78, 5) is 20.6. The third-order valence-corrected chi connectivity index (χ3v) is 3.85. The second-order valence-corrected chi connectivity index (χ2v) is 5.76. The van der Waals surface area contributed by atoms with Gasteiger partial charge in [-0.15, -0.1) is 0 Å². The van der Waals surface area contributed by atoms with E-state index in [1.807, 2.05) is 0 Å². The van der Waals surface area contributed by atoms with Crippen molar-refractivity contribution in [2.75, 3.05) is 24.9 Å². The van der Waals surface area contributed by atoms with E-state index >= 15 is 0 Å². The highest BCUT2D eigenvalue weighted by molar-refractivity contribution is 6.32. The SMILES string of the molecule is COc1cc(NC(=O)c2cc(NC3CC3)ncn2)c(OC)cc1Cl. The van der Waals surface area contributed by atoms with Gasteiger partial charge in [-0.2, -0.15) is 0 Å². The van der Waals surface area contributed by atoms with Crippen LogP contribution in [0, 0.1) is 0 Å². The fourth-order valence-corrected chi connectivity index (χ4v) is 2.37. The Balaban J connectivity index is 1.81. The van der Waals surface area contributed by atoms with Crippen molar-refractivity contribution in [3.05, 3.63) is 35.2 Å². The van der Waals surface area contributed by atoms with Crippen LogP contribution in [0.25, 0.3) is 0 Å². The molecule has 1 saturated carbocycles. The Kier molecular flexibility index (Phi) is 4.71. The Morgan fingerprint density at radius 2 is 1.92 bits per heavy atom. The van der Waals surface area contributed by atoms with Gasteiger partial charge in [0.2, 0.25) is 0 Å². The zero-order valence-corrected chi connectivity index (χ0v) is 14.1. The Bertz CT molecular complexity index is 765. The predicted molar refractivity (Wildman–Crippen MR) is 91.2 cm³/mol. The van der Waals surface area contributed by atoms with Crippen molar-refractivity contribution in [2.45, 2.75) is 18.9 Å². The number of benzene rings is 1. The predicted octanol–water partition coefficient (Wildman–Crippen LogP) is 2.97. The summed E-state index contributed by atoms with van der Waals surface area (Å²) in [5, 5.41) is 6.38. The molecule has 3 rings (SSSR count). The topological polar surface area (TPSA) is 85.4 Å². The minimum atomic E-state index is -0.376. The standard InChI is InChI=1S/C16H17ClN4O3/c1-23-13-6-11(14(24-2)5-10(13)17)21-16(22)12-7-15(19-8-18-12)20-9-3-4-9/h5-9H,3-4H2,1-2H3,(H,21,22)(H,18,19,20). The molecule has 1 fully saturated rings. The Morgan fingerprint density at radius 3 is 2.58 bits per heavy atom. The van der Waals surface area contributed by atoms with Gasteiger partial charge in [-0.25, -0.2) is 9.97 Å². The zero-order chi connectivity index (χ0) is 17.1. The van der Waals surface area contributed by atoms with Crippen LogP contribution in [-0.4, -0.2) is 36.1 Å². The Labute approximate surface area is 144 Å². The molecular weight excluding hydrogens is 332 g/mol. The molecule has 1 aliphatic carbocycles. The van der Waals surface area contributed by atoms with Crippen LogP contribution < -0.4 is 20.1 Å². The summed E-state index contributed by atoms with van der Waals surface area (Å²) in [6.45, 7) is 0. The summed E-state index contributed by atoms with van der Waals surface area (Å²) in [6.07, 6.45) is 3.60. The first-order valence-corrected chi connectivity index (χ1v) is 7.80. The summed E-state index contributed by atoms with van der Waals surface area (Å²) in [5.74, 6) is 1.13. The van der Waals surface area contributed by atoms with Crippen LogP contribution in [0.1, 0.15) is 23.3 Å². The lowest BCUT2D eigenvalue weighted by Gasteiger charge is -2.13.